The summed E-state index contributed by atoms with van der Waals surface area (Å²) in [6.07, 6.45) is 2.06. The van der Waals surface area contributed by atoms with Crippen molar-refractivity contribution in [2.45, 2.75) is 31.2 Å². The highest BCUT2D eigenvalue weighted by Gasteiger charge is 2.46. The zero-order valence-corrected chi connectivity index (χ0v) is 13.6. The fourth-order valence-corrected chi connectivity index (χ4v) is 3.18. The lowest BCUT2D eigenvalue weighted by molar-refractivity contribution is -0.126. The number of carbonyl (C=O) groups is 2. The van der Waals surface area contributed by atoms with Crippen LogP contribution in [0.4, 0.5) is 4.79 Å². The Bertz CT molecular complexity index is 613. The van der Waals surface area contributed by atoms with Crippen molar-refractivity contribution in [3.05, 3.63) is 29.8 Å². The van der Waals surface area contributed by atoms with Crippen molar-refractivity contribution >= 4 is 11.9 Å². The molecular formula is C17H23N3O3. The molecule has 0 bridgehead atoms. The molecule has 3 amide bonds. The number of hydrogen-bond donors (Lipinski definition) is 2. The van der Waals surface area contributed by atoms with Gasteiger partial charge >= 0.3 is 6.03 Å². The van der Waals surface area contributed by atoms with E-state index in [1.807, 2.05) is 18.2 Å². The van der Waals surface area contributed by atoms with Gasteiger partial charge in [-0.15, -0.1) is 0 Å². The van der Waals surface area contributed by atoms with Crippen LogP contribution in [0.2, 0.25) is 0 Å². The number of hydrogen-bond acceptors (Lipinski definition) is 3. The molecule has 1 aromatic rings. The van der Waals surface area contributed by atoms with E-state index >= 15 is 0 Å². The Morgan fingerprint density at radius 2 is 2.17 bits per heavy atom. The standard InChI is InChI=1S/C17H23N3O3/c1-12-15(21)18-9-10-20(12)16(22)19-11-17(7-8-17)13-5-3-4-6-14(13)23-2/h3-6,12H,7-11H2,1-2H3,(H,18,21)(H,19,22)/t12-/m1/s1. The minimum absolute atomic E-state index is 0.0381. The Labute approximate surface area is 136 Å². The average molecular weight is 317 g/mol. The molecule has 2 fully saturated rings. The van der Waals surface area contributed by atoms with Gasteiger partial charge in [0.15, 0.2) is 0 Å². The predicted octanol–water partition coefficient (Wildman–Crippen LogP) is 1.26. The molecule has 0 unspecified atom stereocenters. The van der Waals surface area contributed by atoms with Gasteiger partial charge in [0.1, 0.15) is 11.8 Å². The number of para-hydroxylation sites is 1. The largest absolute Gasteiger partial charge is 0.496 e. The molecule has 1 aromatic carbocycles. The molecule has 1 aliphatic carbocycles. The molecule has 23 heavy (non-hydrogen) atoms. The summed E-state index contributed by atoms with van der Waals surface area (Å²) in [4.78, 5) is 25.7. The van der Waals surface area contributed by atoms with Crippen LogP contribution in [0, 0.1) is 0 Å². The first-order valence-corrected chi connectivity index (χ1v) is 8.03. The van der Waals surface area contributed by atoms with Gasteiger partial charge in [0, 0.05) is 30.6 Å². The minimum Gasteiger partial charge on any atom is -0.496 e. The fourth-order valence-electron chi connectivity index (χ4n) is 3.18. The highest BCUT2D eigenvalue weighted by Crippen LogP contribution is 2.50. The Hall–Kier alpha value is -2.24. The molecule has 0 aromatic heterocycles. The van der Waals surface area contributed by atoms with Crippen LogP contribution in [0.1, 0.15) is 25.3 Å². The number of rotatable bonds is 4. The first-order chi connectivity index (χ1) is 11.1. The van der Waals surface area contributed by atoms with Gasteiger partial charge in [-0.2, -0.15) is 0 Å². The Morgan fingerprint density at radius 1 is 1.43 bits per heavy atom. The highest BCUT2D eigenvalue weighted by atomic mass is 16.5. The summed E-state index contributed by atoms with van der Waals surface area (Å²) in [5, 5.41) is 5.77. The van der Waals surface area contributed by atoms with Gasteiger partial charge in [0.25, 0.3) is 0 Å². The van der Waals surface area contributed by atoms with Crippen LogP contribution in [0.5, 0.6) is 5.75 Å². The van der Waals surface area contributed by atoms with Gasteiger partial charge in [-0.1, -0.05) is 18.2 Å². The van der Waals surface area contributed by atoms with E-state index in [0.29, 0.717) is 19.6 Å². The third kappa shape index (κ3) is 2.98. The second-order valence-corrected chi connectivity index (χ2v) is 6.30. The second-order valence-electron chi connectivity index (χ2n) is 6.30. The predicted molar refractivity (Wildman–Crippen MR) is 86.5 cm³/mol. The van der Waals surface area contributed by atoms with Gasteiger partial charge in [0.05, 0.1) is 7.11 Å². The van der Waals surface area contributed by atoms with Crippen LogP contribution >= 0.6 is 0 Å². The normalized spacial score (nSPS) is 22.3. The molecule has 1 aliphatic heterocycles. The van der Waals surface area contributed by atoms with E-state index in [9.17, 15) is 9.59 Å². The quantitative estimate of drug-likeness (QED) is 0.878. The average Bonchev–Trinajstić information content (AvgIpc) is 3.36. The van der Waals surface area contributed by atoms with Gasteiger partial charge in [0.2, 0.25) is 5.91 Å². The van der Waals surface area contributed by atoms with Gasteiger partial charge in [-0.05, 0) is 25.8 Å². The molecule has 1 saturated heterocycles. The van der Waals surface area contributed by atoms with Gasteiger partial charge in [-0.3, -0.25) is 4.79 Å². The Balaban J connectivity index is 1.66. The van der Waals surface area contributed by atoms with Crippen molar-refractivity contribution in [3.63, 3.8) is 0 Å². The zero-order valence-electron chi connectivity index (χ0n) is 13.6. The molecule has 6 nitrogen and oxygen atoms in total. The minimum atomic E-state index is -0.426. The van der Waals surface area contributed by atoms with Crippen LogP contribution < -0.4 is 15.4 Å². The van der Waals surface area contributed by atoms with E-state index in [2.05, 4.69) is 16.7 Å². The SMILES string of the molecule is COc1ccccc1C1(CNC(=O)N2CCNC(=O)[C@H]2C)CC1. The number of urea groups is 1. The zero-order chi connectivity index (χ0) is 16.4. The molecule has 124 valence electrons. The molecule has 1 atom stereocenters. The summed E-state index contributed by atoms with van der Waals surface area (Å²) < 4.78 is 5.45. The monoisotopic (exact) mass is 317 g/mol. The molecule has 2 N–H and O–H groups in total. The third-order valence-electron chi connectivity index (χ3n) is 4.87. The Kier molecular flexibility index (Phi) is 4.15. The summed E-state index contributed by atoms with van der Waals surface area (Å²) in [6, 6.07) is 7.36. The number of nitrogens with one attached hydrogen (secondary N) is 2. The van der Waals surface area contributed by atoms with Crippen LogP contribution in [0.3, 0.4) is 0 Å². The summed E-state index contributed by atoms with van der Waals surface area (Å²) in [5.41, 5.74) is 1.11. The van der Waals surface area contributed by atoms with Crippen molar-refractivity contribution in [3.8, 4) is 5.75 Å². The molecule has 0 spiro atoms. The van der Waals surface area contributed by atoms with Crippen LogP contribution in [0.15, 0.2) is 24.3 Å². The third-order valence-corrected chi connectivity index (χ3v) is 4.87. The number of piperazine rings is 1. The van der Waals surface area contributed by atoms with E-state index in [-0.39, 0.29) is 17.4 Å². The summed E-state index contributed by atoms with van der Waals surface area (Å²) in [6.45, 7) is 3.37. The molecule has 2 aliphatic rings. The van der Waals surface area contributed by atoms with Crippen LogP contribution in [-0.4, -0.2) is 49.6 Å². The molecule has 6 heteroatoms. The van der Waals surface area contributed by atoms with Crippen molar-refractivity contribution in [2.24, 2.45) is 0 Å². The van der Waals surface area contributed by atoms with E-state index in [1.54, 1.807) is 18.9 Å². The molecule has 1 heterocycles. The van der Waals surface area contributed by atoms with E-state index < -0.39 is 6.04 Å². The maximum Gasteiger partial charge on any atom is 0.318 e. The molecule has 1 saturated carbocycles. The maximum absolute atomic E-state index is 12.4. The number of ether oxygens (including phenoxy) is 1. The second kappa shape index (κ2) is 6.10. The smallest absolute Gasteiger partial charge is 0.318 e. The topological polar surface area (TPSA) is 70.7 Å². The number of carbonyl (C=O) groups excluding carboxylic acids is 2. The van der Waals surface area contributed by atoms with E-state index in [4.69, 9.17) is 4.74 Å². The van der Waals surface area contributed by atoms with Crippen molar-refractivity contribution in [1.82, 2.24) is 15.5 Å². The summed E-state index contributed by atoms with van der Waals surface area (Å²) >= 11 is 0. The van der Waals surface area contributed by atoms with E-state index in [1.165, 1.54) is 0 Å². The lowest BCUT2D eigenvalue weighted by Crippen LogP contribution is -2.58. The number of benzene rings is 1. The van der Waals surface area contributed by atoms with Gasteiger partial charge < -0.3 is 20.3 Å². The van der Waals surface area contributed by atoms with Crippen LogP contribution in [-0.2, 0) is 10.2 Å². The van der Waals surface area contributed by atoms with Crippen LogP contribution in [0.25, 0.3) is 0 Å². The number of methoxy groups -OCH3 is 1. The van der Waals surface area contributed by atoms with E-state index in [0.717, 1.165) is 24.2 Å². The summed E-state index contributed by atoms with van der Waals surface area (Å²) in [7, 11) is 1.67. The first-order valence-electron chi connectivity index (χ1n) is 8.03. The first kappa shape index (κ1) is 15.6. The Morgan fingerprint density at radius 3 is 2.87 bits per heavy atom. The lowest BCUT2D eigenvalue weighted by atomic mass is 9.95. The lowest BCUT2D eigenvalue weighted by Gasteiger charge is -2.33. The van der Waals surface area contributed by atoms with Crippen molar-refractivity contribution in [1.29, 1.82) is 0 Å². The van der Waals surface area contributed by atoms with Crippen molar-refractivity contribution in [2.75, 3.05) is 26.7 Å². The summed E-state index contributed by atoms with van der Waals surface area (Å²) in [5.74, 6) is 0.766. The number of nitrogens with zero attached hydrogens (tertiary/aromatic N) is 1. The maximum atomic E-state index is 12.4. The molecule has 0 radical (unpaired) electrons. The molecule has 3 rings (SSSR count). The van der Waals surface area contributed by atoms with Crippen molar-refractivity contribution < 1.29 is 14.3 Å². The highest BCUT2D eigenvalue weighted by molar-refractivity contribution is 5.87. The molecular weight excluding hydrogens is 294 g/mol. The number of amides is 3. The van der Waals surface area contributed by atoms with Gasteiger partial charge in [-0.25, -0.2) is 4.79 Å². The fraction of sp³-hybridized carbons (Fsp3) is 0.529.